The highest BCUT2D eigenvalue weighted by molar-refractivity contribution is 6.13. The van der Waals surface area contributed by atoms with Gasteiger partial charge in [0, 0.05) is 11.1 Å². The molecule has 0 saturated carbocycles. The maximum absolute atomic E-state index is 13.1. The molecule has 5 heteroatoms. The summed E-state index contributed by atoms with van der Waals surface area (Å²) in [5.41, 5.74) is 2.28. The number of carbonyl (C=O) groups is 1. The first-order chi connectivity index (χ1) is 12.6. The molecule has 4 rings (SSSR count). The van der Waals surface area contributed by atoms with Crippen molar-refractivity contribution < 1.29 is 13.6 Å². The molecule has 0 saturated heterocycles. The molecule has 2 aromatic heterocycles. The zero-order chi connectivity index (χ0) is 18.1. The number of pyridine rings is 1. The molecule has 4 nitrogen and oxygen atoms in total. The second-order valence-corrected chi connectivity index (χ2v) is 5.94. The highest BCUT2D eigenvalue weighted by Gasteiger charge is 2.15. The van der Waals surface area contributed by atoms with Crippen LogP contribution in [-0.4, -0.2) is 10.9 Å². The number of benzene rings is 2. The van der Waals surface area contributed by atoms with Crippen molar-refractivity contribution in [3.05, 3.63) is 83.9 Å². The summed E-state index contributed by atoms with van der Waals surface area (Å²) >= 11 is 0. The van der Waals surface area contributed by atoms with Crippen LogP contribution in [0.25, 0.3) is 22.4 Å². The van der Waals surface area contributed by atoms with Crippen LogP contribution in [0.3, 0.4) is 0 Å². The van der Waals surface area contributed by atoms with Crippen molar-refractivity contribution in [1.29, 1.82) is 0 Å². The van der Waals surface area contributed by atoms with Gasteiger partial charge in [-0.15, -0.1) is 0 Å². The monoisotopic (exact) mass is 346 g/mol. The molecule has 0 fully saturated rings. The van der Waals surface area contributed by atoms with E-state index in [-0.39, 0.29) is 11.7 Å². The first-order valence-corrected chi connectivity index (χ1v) is 8.14. The molecule has 0 unspecified atom stereocenters. The number of halogens is 1. The van der Waals surface area contributed by atoms with Gasteiger partial charge >= 0.3 is 0 Å². The van der Waals surface area contributed by atoms with Crippen LogP contribution in [0.1, 0.15) is 16.1 Å². The third-order valence-electron chi connectivity index (χ3n) is 4.06. The van der Waals surface area contributed by atoms with Crippen LogP contribution in [-0.2, 0) is 0 Å². The Bertz CT molecular complexity index is 1100. The summed E-state index contributed by atoms with van der Waals surface area (Å²) in [5, 5.41) is 3.53. The number of hydrogen-bond donors (Lipinski definition) is 1. The second kappa shape index (κ2) is 6.44. The predicted octanol–water partition coefficient (Wildman–Crippen LogP) is 5.19. The van der Waals surface area contributed by atoms with E-state index in [2.05, 4.69) is 10.3 Å². The molecular formula is C21H15FN2O2. The van der Waals surface area contributed by atoms with Crippen molar-refractivity contribution in [2.75, 3.05) is 5.32 Å². The molecule has 0 atom stereocenters. The lowest BCUT2D eigenvalue weighted by Crippen LogP contribution is -2.13. The fourth-order valence-corrected chi connectivity index (χ4v) is 2.79. The number of nitrogens with one attached hydrogen (secondary N) is 1. The van der Waals surface area contributed by atoms with E-state index in [1.54, 1.807) is 6.07 Å². The van der Waals surface area contributed by atoms with E-state index in [4.69, 9.17) is 4.42 Å². The van der Waals surface area contributed by atoms with E-state index in [1.165, 1.54) is 24.3 Å². The van der Waals surface area contributed by atoms with Crippen LogP contribution >= 0.6 is 0 Å². The summed E-state index contributed by atoms with van der Waals surface area (Å²) in [5.74, 6) is 0.726. The first kappa shape index (κ1) is 16.0. The van der Waals surface area contributed by atoms with Crippen molar-refractivity contribution in [2.24, 2.45) is 0 Å². The Balaban J connectivity index is 1.79. The molecule has 0 radical (unpaired) electrons. The average molecular weight is 346 g/mol. The van der Waals surface area contributed by atoms with Crippen LogP contribution < -0.4 is 5.32 Å². The largest absolute Gasteiger partial charge is 0.460 e. The summed E-state index contributed by atoms with van der Waals surface area (Å²) in [6.45, 7) is 1.85. The van der Waals surface area contributed by atoms with Crippen LogP contribution in [0.5, 0.6) is 0 Å². The van der Waals surface area contributed by atoms with Crippen molar-refractivity contribution in [2.45, 2.75) is 6.92 Å². The van der Waals surface area contributed by atoms with Gasteiger partial charge in [-0.25, -0.2) is 9.37 Å². The SMILES string of the molecule is Cc1ccc(-c2cc(C(=O)Nc3ccc(F)cc3)c3ccccc3n2)o1. The summed E-state index contributed by atoms with van der Waals surface area (Å²) < 4.78 is 18.7. The molecule has 0 aliphatic heterocycles. The lowest BCUT2D eigenvalue weighted by Gasteiger charge is -2.10. The molecule has 1 N–H and O–H groups in total. The standard InChI is InChI=1S/C21H15FN2O2/c1-13-6-11-20(26-13)19-12-17(16-4-2-3-5-18(16)24-19)21(25)23-15-9-7-14(22)8-10-15/h2-12H,1H3,(H,23,25). The second-order valence-electron chi connectivity index (χ2n) is 5.94. The zero-order valence-electron chi connectivity index (χ0n) is 14.0. The minimum absolute atomic E-state index is 0.292. The average Bonchev–Trinajstić information content (AvgIpc) is 3.09. The third kappa shape index (κ3) is 3.07. The van der Waals surface area contributed by atoms with Crippen LogP contribution in [0.2, 0.25) is 0 Å². The van der Waals surface area contributed by atoms with Gasteiger partial charge in [0.15, 0.2) is 5.76 Å². The zero-order valence-corrected chi connectivity index (χ0v) is 14.0. The van der Waals surface area contributed by atoms with E-state index < -0.39 is 0 Å². The lowest BCUT2D eigenvalue weighted by molar-refractivity contribution is 0.102. The molecule has 4 aromatic rings. The van der Waals surface area contributed by atoms with Gasteiger partial charge in [-0.1, -0.05) is 18.2 Å². The molecular weight excluding hydrogens is 331 g/mol. The number of carbonyl (C=O) groups excluding carboxylic acids is 1. The number of rotatable bonds is 3. The smallest absolute Gasteiger partial charge is 0.256 e. The number of hydrogen-bond acceptors (Lipinski definition) is 3. The molecule has 0 aliphatic carbocycles. The van der Waals surface area contributed by atoms with E-state index in [1.807, 2.05) is 43.3 Å². The predicted molar refractivity (Wildman–Crippen MR) is 98.5 cm³/mol. The van der Waals surface area contributed by atoms with Crippen molar-refractivity contribution >= 4 is 22.5 Å². The highest BCUT2D eigenvalue weighted by Crippen LogP contribution is 2.27. The number of amides is 1. The molecule has 0 spiro atoms. The lowest BCUT2D eigenvalue weighted by atomic mass is 10.1. The van der Waals surface area contributed by atoms with E-state index in [0.717, 1.165) is 11.1 Å². The normalized spacial score (nSPS) is 10.8. The van der Waals surface area contributed by atoms with Gasteiger partial charge in [0.25, 0.3) is 5.91 Å². The van der Waals surface area contributed by atoms with Gasteiger partial charge in [0.2, 0.25) is 0 Å². The maximum atomic E-state index is 13.1. The van der Waals surface area contributed by atoms with Crippen LogP contribution in [0.4, 0.5) is 10.1 Å². The summed E-state index contributed by atoms with van der Waals surface area (Å²) in [4.78, 5) is 17.4. The minimum atomic E-state index is -0.354. The van der Waals surface area contributed by atoms with E-state index in [9.17, 15) is 9.18 Å². The Labute approximate surface area is 149 Å². The van der Waals surface area contributed by atoms with E-state index in [0.29, 0.717) is 28.2 Å². The molecule has 128 valence electrons. The van der Waals surface area contributed by atoms with Gasteiger partial charge in [-0.05, 0) is 55.5 Å². The van der Waals surface area contributed by atoms with Crippen LogP contribution in [0.15, 0.2) is 71.1 Å². The third-order valence-corrected chi connectivity index (χ3v) is 4.06. The minimum Gasteiger partial charge on any atom is -0.460 e. The Kier molecular flexibility index (Phi) is 3.97. The number of para-hydroxylation sites is 1. The fraction of sp³-hybridized carbons (Fsp3) is 0.0476. The topological polar surface area (TPSA) is 55.1 Å². The van der Waals surface area contributed by atoms with Gasteiger partial charge in [0.05, 0.1) is 11.1 Å². The molecule has 0 aliphatic rings. The van der Waals surface area contributed by atoms with Gasteiger partial charge in [-0.2, -0.15) is 0 Å². The Morgan fingerprint density at radius 2 is 1.81 bits per heavy atom. The Morgan fingerprint density at radius 3 is 2.54 bits per heavy atom. The summed E-state index contributed by atoms with van der Waals surface area (Å²) in [7, 11) is 0. The number of furan rings is 1. The number of nitrogens with zero attached hydrogens (tertiary/aromatic N) is 1. The number of fused-ring (bicyclic) bond motifs is 1. The Morgan fingerprint density at radius 1 is 1.04 bits per heavy atom. The summed E-state index contributed by atoms with van der Waals surface area (Å²) in [6, 6.07) is 18.5. The number of aryl methyl sites for hydroxylation is 1. The quantitative estimate of drug-likeness (QED) is 0.555. The van der Waals surface area contributed by atoms with Crippen LogP contribution in [0, 0.1) is 12.7 Å². The van der Waals surface area contributed by atoms with Crippen molar-refractivity contribution in [3.63, 3.8) is 0 Å². The molecule has 26 heavy (non-hydrogen) atoms. The van der Waals surface area contributed by atoms with Crippen molar-refractivity contribution in [3.8, 4) is 11.5 Å². The maximum Gasteiger partial charge on any atom is 0.256 e. The highest BCUT2D eigenvalue weighted by atomic mass is 19.1. The first-order valence-electron chi connectivity index (χ1n) is 8.14. The van der Waals surface area contributed by atoms with Gasteiger partial charge in [0.1, 0.15) is 17.3 Å². The Hall–Kier alpha value is -3.47. The molecule has 2 heterocycles. The van der Waals surface area contributed by atoms with Gasteiger partial charge in [-0.3, -0.25) is 4.79 Å². The van der Waals surface area contributed by atoms with Gasteiger partial charge < -0.3 is 9.73 Å². The molecule has 1 amide bonds. The molecule has 2 aromatic carbocycles. The summed E-state index contributed by atoms with van der Waals surface area (Å²) in [6.07, 6.45) is 0. The number of aromatic nitrogens is 1. The van der Waals surface area contributed by atoms with E-state index >= 15 is 0 Å². The fourth-order valence-electron chi connectivity index (χ4n) is 2.79. The van der Waals surface area contributed by atoms with Crippen molar-refractivity contribution in [1.82, 2.24) is 4.98 Å². The number of anilines is 1. The molecule has 0 bridgehead atoms.